The van der Waals surface area contributed by atoms with Crippen molar-refractivity contribution >= 4 is 23.3 Å². The van der Waals surface area contributed by atoms with Crippen molar-refractivity contribution in [2.24, 2.45) is 11.7 Å². The molecule has 0 aliphatic heterocycles. The second-order valence-electron chi connectivity index (χ2n) is 11.5. The maximum Gasteiger partial charge on any atom is 0.414 e. The van der Waals surface area contributed by atoms with Crippen LogP contribution in [0.1, 0.15) is 101 Å². The number of hydrogen-bond donors (Lipinski definition) is 3. The van der Waals surface area contributed by atoms with E-state index in [1.165, 1.54) is 47.9 Å². The number of aryl methyl sites for hydroxylation is 2. The van der Waals surface area contributed by atoms with Gasteiger partial charge in [0.25, 0.3) is 0 Å². The van der Waals surface area contributed by atoms with Crippen LogP contribution >= 0.6 is 11.3 Å². The van der Waals surface area contributed by atoms with E-state index in [1.807, 2.05) is 0 Å². The van der Waals surface area contributed by atoms with E-state index in [1.54, 1.807) is 11.3 Å². The number of para-hydroxylation sites is 1. The molecular formula is C36H52N2O6S. The summed E-state index contributed by atoms with van der Waals surface area (Å²) in [6.45, 7) is 13.1. The molecule has 1 unspecified atom stereocenters. The van der Waals surface area contributed by atoms with Gasteiger partial charge in [0.05, 0.1) is 18.9 Å². The van der Waals surface area contributed by atoms with Crippen LogP contribution in [0.5, 0.6) is 11.5 Å². The number of ether oxygens (including phenoxy) is 2. The van der Waals surface area contributed by atoms with Gasteiger partial charge in [0.15, 0.2) is 0 Å². The van der Waals surface area contributed by atoms with Gasteiger partial charge in [-0.2, -0.15) is 0 Å². The Kier molecular flexibility index (Phi) is 17.3. The number of carboxylic acids is 2. The van der Waals surface area contributed by atoms with E-state index in [-0.39, 0.29) is 0 Å². The number of rotatable bonds is 18. The highest BCUT2D eigenvalue weighted by Crippen LogP contribution is 2.37. The fourth-order valence-electron chi connectivity index (χ4n) is 5.37. The van der Waals surface area contributed by atoms with Crippen molar-refractivity contribution in [3.05, 3.63) is 64.2 Å². The second kappa shape index (κ2) is 20.6. The van der Waals surface area contributed by atoms with E-state index in [4.69, 9.17) is 40.0 Å². The largest absolute Gasteiger partial charge is 0.493 e. The maximum absolute atomic E-state index is 9.10. The molecule has 0 radical (unpaired) electrons. The first-order chi connectivity index (χ1) is 21.6. The van der Waals surface area contributed by atoms with Crippen molar-refractivity contribution < 1.29 is 29.3 Å². The molecule has 1 aromatic heterocycles. The average Bonchev–Trinajstić information content (AvgIpc) is 3.48. The zero-order chi connectivity index (χ0) is 33.2. The number of nitrogens with zero attached hydrogens (tertiary/aromatic N) is 1. The Balaban J connectivity index is 0.00000107. The highest BCUT2D eigenvalue weighted by Gasteiger charge is 2.17. The van der Waals surface area contributed by atoms with Gasteiger partial charge in [-0.3, -0.25) is 0 Å². The smallest absolute Gasteiger partial charge is 0.414 e. The van der Waals surface area contributed by atoms with Crippen molar-refractivity contribution in [1.29, 1.82) is 0 Å². The standard InChI is InChI=1S/C34H50N2O2S.C2H2O4/c1-6-12-26(18-20-35)14-11-16-27-15-9-10-17-32(27)38-21-19-30-24-39-34(36-30)29-22-28(13-7-2)33(37-8-3)31(23-29)25(4)5;3-1(4)2(5)6/h9-10,15,17,22-26H,6-8,11-14,16,18-21,35H2,1-5H3;(H,3,4)(H,5,6). The van der Waals surface area contributed by atoms with Gasteiger partial charge in [0, 0.05) is 17.4 Å². The van der Waals surface area contributed by atoms with Gasteiger partial charge in [-0.05, 0) is 85.9 Å². The number of nitrogens with two attached hydrogens (primary N) is 1. The summed E-state index contributed by atoms with van der Waals surface area (Å²) in [7, 11) is 0. The molecule has 9 heteroatoms. The fraction of sp³-hybridized carbons (Fsp3) is 0.528. The molecule has 0 amide bonds. The Morgan fingerprint density at radius 3 is 2.27 bits per heavy atom. The molecule has 0 bridgehead atoms. The molecule has 0 fully saturated rings. The number of thiazole rings is 1. The van der Waals surface area contributed by atoms with Crippen LogP contribution in [0.25, 0.3) is 10.6 Å². The molecule has 3 rings (SSSR count). The Hall–Kier alpha value is -3.43. The molecule has 248 valence electrons. The van der Waals surface area contributed by atoms with E-state index < -0.39 is 11.9 Å². The molecular weight excluding hydrogens is 588 g/mol. The molecule has 0 aliphatic carbocycles. The van der Waals surface area contributed by atoms with E-state index >= 15 is 0 Å². The highest BCUT2D eigenvalue weighted by atomic mass is 32.1. The predicted molar refractivity (Wildman–Crippen MR) is 183 cm³/mol. The third kappa shape index (κ3) is 12.8. The molecule has 0 saturated heterocycles. The van der Waals surface area contributed by atoms with Crippen LogP contribution in [0.4, 0.5) is 0 Å². The minimum Gasteiger partial charge on any atom is -0.493 e. The summed E-state index contributed by atoms with van der Waals surface area (Å²) >= 11 is 1.72. The number of hydrogen-bond acceptors (Lipinski definition) is 7. The summed E-state index contributed by atoms with van der Waals surface area (Å²) in [5.41, 5.74) is 12.0. The zero-order valence-electron chi connectivity index (χ0n) is 27.6. The van der Waals surface area contributed by atoms with Crippen LogP contribution in [0.15, 0.2) is 41.8 Å². The quantitative estimate of drug-likeness (QED) is 0.119. The molecule has 3 aromatic rings. The summed E-state index contributed by atoms with van der Waals surface area (Å²) in [5, 5.41) is 18.0. The molecule has 1 heterocycles. The Labute approximate surface area is 273 Å². The molecule has 1 atom stereocenters. The van der Waals surface area contributed by atoms with Crippen molar-refractivity contribution in [1.82, 2.24) is 4.98 Å². The lowest BCUT2D eigenvalue weighted by atomic mass is 9.92. The highest BCUT2D eigenvalue weighted by molar-refractivity contribution is 7.13. The topological polar surface area (TPSA) is 132 Å². The third-order valence-corrected chi connectivity index (χ3v) is 8.47. The molecule has 0 aliphatic rings. The van der Waals surface area contributed by atoms with E-state index in [0.717, 1.165) is 66.8 Å². The van der Waals surface area contributed by atoms with E-state index in [0.29, 0.717) is 19.1 Å². The van der Waals surface area contributed by atoms with E-state index in [9.17, 15) is 0 Å². The number of benzene rings is 2. The first kappa shape index (κ1) is 37.8. The van der Waals surface area contributed by atoms with Gasteiger partial charge in [0.2, 0.25) is 0 Å². The van der Waals surface area contributed by atoms with Gasteiger partial charge < -0.3 is 25.4 Å². The lowest BCUT2D eigenvalue weighted by Gasteiger charge is -2.19. The Bertz CT molecular complexity index is 1300. The Morgan fingerprint density at radius 2 is 1.64 bits per heavy atom. The maximum atomic E-state index is 9.10. The second-order valence-corrected chi connectivity index (χ2v) is 12.3. The number of aromatic nitrogens is 1. The van der Waals surface area contributed by atoms with Crippen molar-refractivity contribution in [3.63, 3.8) is 0 Å². The minimum absolute atomic E-state index is 0.396. The van der Waals surface area contributed by atoms with Crippen molar-refractivity contribution in [2.45, 2.75) is 98.3 Å². The summed E-state index contributed by atoms with van der Waals surface area (Å²) in [6.07, 6.45) is 10.0. The van der Waals surface area contributed by atoms with Crippen LogP contribution in [-0.2, 0) is 28.9 Å². The average molecular weight is 641 g/mol. The minimum atomic E-state index is -1.82. The molecule has 0 spiro atoms. The lowest BCUT2D eigenvalue weighted by molar-refractivity contribution is -0.159. The van der Waals surface area contributed by atoms with Gasteiger partial charge in [-0.25, -0.2) is 14.6 Å². The predicted octanol–water partition coefficient (Wildman–Crippen LogP) is 8.15. The van der Waals surface area contributed by atoms with Crippen molar-refractivity contribution in [2.75, 3.05) is 19.8 Å². The third-order valence-electron chi connectivity index (χ3n) is 7.52. The number of carbonyl (C=O) groups is 2. The summed E-state index contributed by atoms with van der Waals surface area (Å²) < 4.78 is 12.4. The molecule has 2 aromatic carbocycles. The van der Waals surface area contributed by atoms with Gasteiger partial charge in [-0.1, -0.05) is 71.6 Å². The fourth-order valence-corrected chi connectivity index (χ4v) is 6.21. The number of aliphatic carboxylic acids is 2. The molecule has 0 saturated carbocycles. The lowest BCUT2D eigenvalue weighted by Crippen LogP contribution is -2.09. The van der Waals surface area contributed by atoms with Crippen LogP contribution < -0.4 is 15.2 Å². The van der Waals surface area contributed by atoms with Gasteiger partial charge in [-0.15, -0.1) is 11.3 Å². The van der Waals surface area contributed by atoms with Gasteiger partial charge in [0.1, 0.15) is 16.5 Å². The van der Waals surface area contributed by atoms with Crippen LogP contribution in [0.3, 0.4) is 0 Å². The monoisotopic (exact) mass is 640 g/mol. The zero-order valence-corrected chi connectivity index (χ0v) is 28.5. The molecule has 8 nitrogen and oxygen atoms in total. The molecule has 4 N–H and O–H groups in total. The first-order valence-electron chi connectivity index (χ1n) is 16.3. The van der Waals surface area contributed by atoms with Crippen molar-refractivity contribution in [3.8, 4) is 22.1 Å². The summed E-state index contributed by atoms with van der Waals surface area (Å²) in [5.74, 6) is -0.423. The van der Waals surface area contributed by atoms with Gasteiger partial charge >= 0.3 is 11.9 Å². The number of carboxylic acid groups (broad SMARTS) is 2. The summed E-state index contributed by atoms with van der Waals surface area (Å²) in [4.78, 5) is 23.2. The van der Waals surface area contributed by atoms with Crippen LogP contribution in [0, 0.1) is 5.92 Å². The van der Waals surface area contributed by atoms with Crippen LogP contribution in [0.2, 0.25) is 0 Å². The SMILES string of the molecule is CCCc1cc(-c2nc(CCOc3ccccc3CCCC(CCC)CCN)cs2)cc(C(C)C)c1OCC.O=C(O)C(=O)O. The molecule has 45 heavy (non-hydrogen) atoms. The Morgan fingerprint density at radius 1 is 0.911 bits per heavy atom. The normalized spacial score (nSPS) is 11.5. The first-order valence-corrected chi connectivity index (χ1v) is 17.1. The summed E-state index contributed by atoms with van der Waals surface area (Å²) in [6, 6.07) is 13.1. The van der Waals surface area contributed by atoms with E-state index in [2.05, 4.69) is 76.4 Å². The van der Waals surface area contributed by atoms with Crippen LogP contribution in [-0.4, -0.2) is 46.9 Å².